The Labute approximate surface area is 115 Å². The maximum absolute atomic E-state index is 11.7. The fraction of sp³-hybridized carbons (Fsp3) is 0.583. The Hall–Kier alpha value is -1.50. The zero-order valence-electron chi connectivity index (χ0n) is 11.2. The van der Waals surface area contributed by atoms with E-state index in [1.54, 1.807) is 18.7 Å². The largest absolute Gasteiger partial charge is 0.355 e. The third-order valence-corrected chi connectivity index (χ3v) is 3.70. The summed E-state index contributed by atoms with van der Waals surface area (Å²) < 4.78 is 0. The Morgan fingerprint density at radius 3 is 2.63 bits per heavy atom. The molecule has 0 fully saturated rings. The molecule has 0 bridgehead atoms. The van der Waals surface area contributed by atoms with Gasteiger partial charge in [0.1, 0.15) is 0 Å². The first-order valence-electron chi connectivity index (χ1n) is 6.21. The molecule has 1 amide bonds. The fourth-order valence-electron chi connectivity index (χ4n) is 1.57. The minimum absolute atomic E-state index is 0.0175. The van der Waals surface area contributed by atoms with Gasteiger partial charge in [-0.1, -0.05) is 6.92 Å². The molecule has 0 spiro atoms. The number of aromatic nitrogens is 2. The summed E-state index contributed by atoms with van der Waals surface area (Å²) in [4.78, 5) is 38.8. The molecule has 1 aromatic rings. The number of rotatable bonds is 7. The number of H-pyrrole nitrogens is 2. The number of nitrogens with one attached hydrogen (secondary N) is 3. The van der Waals surface area contributed by atoms with Crippen molar-refractivity contribution in [1.29, 1.82) is 0 Å². The average Bonchev–Trinajstić information content (AvgIpc) is 2.33. The molecule has 0 aromatic carbocycles. The van der Waals surface area contributed by atoms with Crippen LogP contribution in [0.2, 0.25) is 0 Å². The smallest absolute Gasteiger partial charge is 0.325 e. The lowest BCUT2D eigenvalue weighted by molar-refractivity contribution is -0.120. The van der Waals surface area contributed by atoms with Crippen LogP contribution in [0.15, 0.2) is 9.59 Å². The van der Waals surface area contributed by atoms with Crippen LogP contribution >= 0.6 is 11.8 Å². The van der Waals surface area contributed by atoms with E-state index >= 15 is 0 Å². The Morgan fingerprint density at radius 1 is 1.26 bits per heavy atom. The lowest BCUT2D eigenvalue weighted by Crippen LogP contribution is -2.33. The van der Waals surface area contributed by atoms with Crippen LogP contribution in [-0.2, 0) is 11.2 Å². The average molecular weight is 285 g/mol. The molecule has 0 aliphatic carbocycles. The summed E-state index contributed by atoms with van der Waals surface area (Å²) in [6.07, 6.45) is 1.10. The molecule has 0 aliphatic rings. The molecule has 1 rings (SSSR count). The molecule has 1 aromatic heterocycles. The van der Waals surface area contributed by atoms with E-state index < -0.39 is 11.2 Å². The Morgan fingerprint density at radius 2 is 2.00 bits per heavy atom. The van der Waals surface area contributed by atoms with Crippen molar-refractivity contribution in [2.24, 2.45) is 0 Å². The summed E-state index contributed by atoms with van der Waals surface area (Å²) in [6, 6.07) is 0. The number of carbonyl (C=O) groups is 1. The number of thioether (sulfide) groups is 1. The lowest BCUT2D eigenvalue weighted by atomic mass is 10.1. The lowest BCUT2D eigenvalue weighted by Gasteiger charge is -2.06. The maximum atomic E-state index is 11.7. The van der Waals surface area contributed by atoms with Gasteiger partial charge in [-0.2, -0.15) is 11.8 Å². The van der Waals surface area contributed by atoms with Crippen LogP contribution in [0, 0.1) is 6.92 Å². The highest BCUT2D eigenvalue weighted by molar-refractivity contribution is 7.99. The standard InChI is InChI=1S/C12H19N3O3S/c1-3-5-19-6-4-13-10(16)7-9-8(2)14-12(18)15-11(9)17/h3-7H2,1-2H3,(H,13,16)(H2,14,15,17,18). The van der Waals surface area contributed by atoms with E-state index in [2.05, 4.69) is 22.2 Å². The second kappa shape index (κ2) is 7.83. The third-order valence-electron chi connectivity index (χ3n) is 2.51. The molecule has 0 atom stereocenters. The first kappa shape index (κ1) is 15.6. The van der Waals surface area contributed by atoms with Gasteiger partial charge >= 0.3 is 5.69 Å². The summed E-state index contributed by atoms with van der Waals surface area (Å²) in [6.45, 7) is 4.30. The Kier molecular flexibility index (Phi) is 6.41. The van der Waals surface area contributed by atoms with Crippen molar-refractivity contribution in [3.05, 3.63) is 32.1 Å². The number of aromatic amines is 2. The summed E-state index contributed by atoms with van der Waals surface area (Å²) in [7, 11) is 0. The molecule has 0 radical (unpaired) electrons. The van der Waals surface area contributed by atoms with E-state index in [4.69, 9.17) is 0 Å². The summed E-state index contributed by atoms with van der Waals surface area (Å²) in [5.74, 6) is 1.73. The van der Waals surface area contributed by atoms with Gasteiger partial charge in [0.25, 0.3) is 5.56 Å². The molecular weight excluding hydrogens is 266 g/mol. The highest BCUT2D eigenvalue weighted by Crippen LogP contribution is 2.00. The summed E-state index contributed by atoms with van der Waals surface area (Å²) in [5, 5.41) is 2.75. The van der Waals surface area contributed by atoms with E-state index in [1.807, 2.05) is 0 Å². The van der Waals surface area contributed by atoms with Crippen molar-refractivity contribution in [3.63, 3.8) is 0 Å². The normalized spacial score (nSPS) is 10.4. The predicted molar refractivity (Wildman–Crippen MR) is 76.8 cm³/mol. The molecule has 0 unspecified atom stereocenters. The van der Waals surface area contributed by atoms with Crippen molar-refractivity contribution in [1.82, 2.24) is 15.3 Å². The Bertz CT molecular complexity index is 536. The van der Waals surface area contributed by atoms with Gasteiger partial charge in [0.2, 0.25) is 5.91 Å². The SMILES string of the molecule is CCCSCCNC(=O)Cc1c(C)[nH]c(=O)[nH]c1=O. The number of aryl methyl sites for hydroxylation is 1. The minimum Gasteiger partial charge on any atom is -0.355 e. The van der Waals surface area contributed by atoms with Crippen molar-refractivity contribution >= 4 is 17.7 Å². The van der Waals surface area contributed by atoms with Crippen LogP contribution in [0.25, 0.3) is 0 Å². The number of amides is 1. The zero-order chi connectivity index (χ0) is 14.3. The van der Waals surface area contributed by atoms with E-state index in [0.29, 0.717) is 17.8 Å². The van der Waals surface area contributed by atoms with Crippen LogP contribution in [0.5, 0.6) is 0 Å². The first-order valence-corrected chi connectivity index (χ1v) is 7.36. The molecule has 19 heavy (non-hydrogen) atoms. The molecule has 3 N–H and O–H groups in total. The van der Waals surface area contributed by atoms with Gasteiger partial charge in [-0.3, -0.25) is 14.6 Å². The van der Waals surface area contributed by atoms with Gasteiger partial charge in [-0.15, -0.1) is 0 Å². The molecule has 7 heteroatoms. The van der Waals surface area contributed by atoms with Crippen molar-refractivity contribution in [2.75, 3.05) is 18.1 Å². The molecule has 1 heterocycles. The second-order valence-electron chi connectivity index (χ2n) is 4.15. The number of hydrogen-bond acceptors (Lipinski definition) is 4. The van der Waals surface area contributed by atoms with Crippen LogP contribution < -0.4 is 16.6 Å². The monoisotopic (exact) mass is 285 g/mol. The van der Waals surface area contributed by atoms with E-state index in [9.17, 15) is 14.4 Å². The van der Waals surface area contributed by atoms with Gasteiger partial charge in [0.15, 0.2) is 0 Å². The van der Waals surface area contributed by atoms with E-state index in [1.165, 1.54) is 0 Å². The van der Waals surface area contributed by atoms with Gasteiger partial charge in [-0.25, -0.2) is 4.79 Å². The quantitative estimate of drug-likeness (QED) is 0.623. The van der Waals surface area contributed by atoms with E-state index in [-0.39, 0.29) is 12.3 Å². The third kappa shape index (κ3) is 5.34. The van der Waals surface area contributed by atoms with Crippen molar-refractivity contribution in [3.8, 4) is 0 Å². The molecule has 0 saturated heterocycles. The molecule has 0 saturated carbocycles. The number of hydrogen-bond donors (Lipinski definition) is 3. The van der Waals surface area contributed by atoms with Crippen molar-refractivity contribution < 1.29 is 4.79 Å². The number of carbonyl (C=O) groups excluding carboxylic acids is 1. The molecule has 106 valence electrons. The van der Waals surface area contributed by atoms with Crippen LogP contribution in [0.3, 0.4) is 0 Å². The minimum atomic E-state index is -0.553. The second-order valence-corrected chi connectivity index (χ2v) is 5.38. The first-order chi connectivity index (χ1) is 9.04. The molecular formula is C12H19N3O3S. The van der Waals surface area contributed by atoms with Crippen LogP contribution in [-0.4, -0.2) is 33.9 Å². The highest BCUT2D eigenvalue weighted by Gasteiger charge is 2.10. The fourth-order valence-corrected chi connectivity index (χ4v) is 2.31. The summed E-state index contributed by atoms with van der Waals surface area (Å²) in [5.41, 5.74) is -0.318. The van der Waals surface area contributed by atoms with Gasteiger partial charge in [0.05, 0.1) is 6.42 Å². The van der Waals surface area contributed by atoms with E-state index in [0.717, 1.165) is 17.9 Å². The van der Waals surface area contributed by atoms with Gasteiger partial charge in [0, 0.05) is 23.6 Å². The van der Waals surface area contributed by atoms with Gasteiger partial charge < -0.3 is 10.3 Å². The topological polar surface area (TPSA) is 94.8 Å². The maximum Gasteiger partial charge on any atom is 0.325 e. The van der Waals surface area contributed by atoms with Gasteiger partial charge in [-0.05, 0) is 19.1 Å². The van der Waals surface area contributed by atoms with Crippen molar-refractivity contribution in [2.45, 2.75) is 26.7 Å². The molecule has 0 aliphatic heterocycles. The summed E-state index contributed by atoms with van der Waals surface area (Å²) >= 11 is 1.78. The van der Waals surface area contributed by atoms with Crippen LogP contribution in [0.1, 0.15) is 24.6 Å². The Balaban J connectivity index is 2.49. The molecule has 6 nitrogen and oxygen atoms in total. The predicted octanol–water partition coefficient (Wildman–Crippen LogP) is 0.174. The highest BCUT2D eigenvalue weighted by atomic mass is 32.2. The zero-order valence-corrected chi connectivity index (χ0v) is 12.0. The van der Waals surface area contributed by atoms with Crippen LogP contribution in [0.4, 0.5) is 0 Å².